The van der Waals surface area contributed by atoms with Crippen molar-refractivity contribution >= 4 is 44.8 Å². The molecule has 2 aromatic rings. The maximum Gasteiger partial charge on any atom is 0.255 e. The molecule has 5 nitrogen and oxygen atoms in total. The number of rotatable bonds is 4. The lowest BCUT2D eigenvalue weighted by molar-refractivity contribution is 0.102. The second-order valence-electron chi connectivity index (χ2n) is 5.78. The van der Waals surface area contributed by atoms with Gasteiger partial charge in [0, 0.05) is 24.7 Å². The normalized spacial score (nSPS) is 11.6. The van der Waals surface area contributed by atoms with Crippen LogP contribution in [0.3, 0.4) is 0 Å². The summed E-state index contributed by atoms with van der Waals surface area (Å²) in [7, 11) is -0.765. The number of halogens is 2. The van der Waals surface area contributed by atoms with E-state index in [1.807, 2.05) is 0 Å². The van der Waals surface area contributed by atoms with Gasteiger partial charge in [0.25, 0.3) is 5.91 Å². The van der Waals surface area contributed by atoms with Crippen molar-refractivity contribution in [1.82, 2.24) is 4.31 Å². The van der Waals surface area contributed by atoms with Crippen LogP contribution < -0.4 is 5.32 Å². The Labute approximate surface area is 157 Å². The third-order valence-corrected chi connectivity index (χ3v) is 6.31. The minimum atomic E-state index is -3.66. The van der Waals surface area contributed by atoms with Crippen molar-refractivity contribution in [3.8, 4) is 0 Å². The minimum absolute atomic E-state index is 0.102. The first-order chi connectivity index (χ1) is 11.5. The second-order valence-corrected chi connectivity index (χ2v) is 8.75. The van der Waals surface area contributed by atoms with E-state index < -0.39 is 15.9 Å². The van der Waals surface area contributed by atoms with Crippen molar-refractivity contribution in [1.29, 1.82) is 0 Å². The van der Waals surface area contributed by atoms with Crippen LogP contribution in [0.5, 0.6) is 0 Å². The van der Waals surface area contributed by atoms with Gasteiger partial charge in [0.1, 0.15) is 0 Å². The number of nitrogens with zero attached hydrogens (tertiary/aromatic N) is 1. The van der Waals surface area contributed by atoms with E-state index in [0.29, 0.717) is 26.9 Å². The summed E-state index contributed by atoms with van der Waals surface area (Å²) in [5.41, 5.74) is 1.94. The SMILES string of the molecule is Cc1cc(C(=O)Nc2ccc(Cl)cc2Cl)cc(S(=O)(=O)N(C)C)c1C. The third kappa shape index (κ3) is 4.15. The summed E-state index contributed by atoms with van der Waals surface area (Å²) in [5.74, 6) is -0.456. The highest BCUT2D eigenvalue weighted by Crippen LogP contribution is 2.27. The Morgan fingerprint density at radius 1 is 1.08 bits per heavy atom. The van der Waals surface area contributed by atoms with Crippen LogP contribution in [0.2, 0.25) is 10.0 Å². The van der Waals surface area contributed by atoms with Gasteiger partial charge in [0.2, 0.25) is 10.0 Å². The largest absolute Gasteiger partial charge is 0.321 e. The molecule has 8 heteroatoms. The zero-order valence-electron chi connectivity index (χ0n) is 14.2. The van der Waals surface area contributed by atoms with E-state index in [1.165, 1.54) is 26.2 Å². The Bertz CT molecular complexity index is 941. The smallest absolute Gasteiger partial charge is 0.255 e. The van der Waals surface area contributed by atoms with Gasteiger partial charge < -0.3 is 5.32 Å². The molecule has 0 fully saturated rings. The van der Waals surface area contributed by atoms with Gasteiger partial charge >= 0.3 is 0 Å². The summed E-state index contributed by atoms with van der Waals surface area (Å²) in [6.45, 7) is 3.47. The first-order valence-corrected chi connectivity index (χ1v) is 9.54. The molecule has 1 amide bonds. The Balaban J connectivity index is 2.46. The van der Waals surface area contributed by atoms with E-state index in [9.17, 15) is 13.2 Å². The van der Waals surface area contributed by atoms with Gasteiger partial charge in [-0.1, -0.05) is 23.2 Å². The number of nitrogens with one attached hydrogen (secondary N) is 1. The Morgan fingerprint density at radius 2 is 1.72 bits per heavy atom. The highest BCUT2D eigenvalue weighted by molar-refractivity contribution is 7.89. The van der Waals surface area contributed by atoms with E-state index in [1.54, 1.807) is 32.0 Å². The first kappa shape index (κ1) is 19.7. The fourth-order valence-electron chi connectivity index (χ4n) is 2.21. The first-order valence-electron chi connectivity index (χ1n) is 7.34. The monoisotopic (exact) mass is 400 g/mol. The summed E-state index contributed by atoms with van der Waals surface area (Å²) in [6, 6.07) is 7.72. The molecule has 2 aromatic carbocycles. The van der Waals surface area contributed by atoms with Gasteiger partial charge in [-0.25, -0.2) is 12.7 Å². The molecule has 0 aliphatic heterocycles. The standard InChI is InChI=1S/C17H18Cl2N2O3S/c1-10-7-12(8-16(11(10)2)25(23,24)21(3)4)17(22)20-15-6-5-13(18)9-14(15)19/h5-9H,1-4H3,(H,20,22). The van der Waals surface area contributed by atoms with Crippen LogP contribution in [0.4, 0.5) is 5.69 Å². The van der Waals surface area contributed by atoms with E-state index in [2.05, 4.69) is 5.32 Å². The summed E-state index contributed by atoms with van der Waals surface area (Å²) >= 11 is 11.9. The molecule has 0 saturated carbocycles. The number of hydrogen-bond donors (Lipinski definition) is 1. The Hall–Kier alpha value is -1.60. The molecule has 0 aliphatic carbocycles. The Kier molecular flexibility index (Phi) is 5.79. The maximum atomic E-state index is 12.6. The van der Waals surface area contributed by atoms with Gasteiger partial charge in [-0.3, -0.25) is 4.79 Å². The molecule has 2 rings (SSSR count). The summed E-state index contributed by atoms with van der Waals surface area (Å²) in [6.07, 6.45) is 0. The second kappa shape index (κ2) is 7.33. The van der Waals surface area contributed by atoms with Crippen molar-refractivity contribution in [2.45, 2.75) is 18.7 Å². The van der Waals surface area contributed by atoms with E-state index in [-0.39, 0.29) is 10.5 Å². The maximum absolute atomic E-state index is 12.6. The van der Waals surface area contributed by atoms with Gasteiger partial charge in [0.15, 0.2) is 0 Å². The number of sulfonamides is 1. The molecule has 0 aromatic heterocycles. The predicted molar refractivity (Wildman–Crippen MR) is 101 cm³/mol. The number of carbonyl (C=O) groups excluding carboxylic acids is 1. The lowest BCUT2D eigenvalue weighted by atomic mass is 10.1. The van der Waals surface area contributed by atoms with Crippen molar-refractivity contribution in [2.75, 3.05) is 19.4 Å². The molecule has 1 N–H and O–H groups in total. The van der Waals surface area contributed by atoms with Crippen molar-refractivity contribution in [2.24, 2.45) is 0 Å². The zero-order valence-corrected chi connectivity index (χ0v) is 16.6. The van der Waals surface area contributed by atoms with Crippen LogP contribution >= 0.6 is 23.2 Å². The molecule has 0 unspecified atom stereocenters. The fraction of sp³-hybridized carbons (Fsp3) is 0.235. The third-order valence-electron chi connectivity index (χ3n) is 3.82. The Morgan fingerprint density at radius 3 is 2.28 bits per heavy atom. The van der Waals surface area contributed by atoms with Crippen LogP contribution in [0, 0.1) is 13.8 Å². The number of carbonyl (C=O) groups is 1. The number of amides is 1. The minimum Gasteiger partial charge on any atom is -0.321 e. The molecular formula is C17H18Cl2N2O3S. The van der Waals surface area contributed by atoms with E-state index >= 15 is 0 Å². The molecule has 0 atom stereocenters. The molecule has 0 bridgehead atoms. The zero-order chi connectivity index (χ0) is 18.9. The van der Waals surface area contributed by atoms with Crippen LogP contribution in [0.1, 0.15) is 21.5 Å². The molecule has 0 radical (unpaired) electrons. The highest BCUT2D eigenvalue weighted by atomic mass is 35.5. The quantitative estimate of drug-likeness (QED) is 0.839. The number of benzene rings is 2. The van der Waals surface area contributed by atoms with Gasteiger partial charge in [0.05, 0.1) is 15.6 Å². The lowest BCUT2D eigenvalue weighted by Crippen LogP contribution is -2.24. The summed E-state index contributed by atoms with van der Waals surface area (Å²) < 4.78 is 26.1. The van der Waals surface area contributed by atoms with E-state index in [4.69, 9.17) is 23.2 Å². The molecule has 134 valence electrons. The molecule has 25 heavy (non-hydrogen) atoms. The average Bonchev–Trinajstić information content (AvgIpc) is 2.52. The highest BCUT2D eigenvalue weighted by Gasteiger charge is 2.23. The number of hydrogen-bond acceptors (Lipinski definition) is 3. The molecule has 0 saturated heterocycles. The fourth-order valence-corrected chi connectivity index (χ4v) is 3.88. The van der Waals surface area contributed by atoms with Crippen molar-refractivity contribution in [3.63, 3.8) is 0 Å². The van der Waals surface area contributed by atoms with Gasteiger partial charge in [-0.15, -0.1) is 0 Å². The van der Waals surface area contributed by atoms with Crippen molar-refractivity contribution < 1.29 is 13.2 Å². The molecular weight excluding hydrogens is 383 g/mol. The van der Waals surface area contributed by atoms with Crippen LogP contribution in [-0.2, 0) is 10.0 Å². The van der Waals surface area contributed by atoms with Gasteiger partial charge in [-0.05, 0) is 55.3 Å². The van der Waals surface area contributed by atoms with E-state index in [0.717, 1.165) is 4.31 Å². The summed E-state index contributed by atoms with van der Waals surface area (Å²) in [5, 5.41) is 3.42. The molecule has 0 heterocycles. The summed E-state index contributed by atoms with van der Waals surface area (Å²) in [4.78, 5) is 12.7. The molecule has 0 spiro atoms. The predicted octanol–water partition coefficient (Wildman–Crippen LogP) is 4.11. The van der Waals surface area contributed by atoms with Crippen LogP contribution in [0.25, 0.3) is 0 Å². The van der Waals surface area contributed by atoms with Gasteiger partial charge in [-0.2, -0.15) is 0 Å². The average molecular weight is 401 g/mol. The van der Waals surface area contributed by atoms with Crippen LogP contribution in [0.15, 0.2) is 35.2 Å². The topological polar surface area (TPSA) is 66.5 Å². The van der Waals surface area contributed by atoms with Crippen LogP contribution in [-0.4, -0.2) is 32.7 Å². The van der Waals surface area contributed by atoms with Crippen molar-refractivity contribution in [3.05, 3.63) is 57.1 Å². The lowest BCUT2D eigenvalue weighted by Gasteiger charge is -2.16. The number of anilines is 1. The number of aryl methyl sites for hydroxylation is 1. The molecule has 0 aliphatic rings.